The molecule has 0 aliphatic carbocycles. The fraction of sp³-hybridized carbons (Fsp3) is 0.615. The number of nitrogens with one attached hydrogen (secondary N) is 1. The van der Waals surface area contributed by atoms with E-state index in [0.29, 0.717) is 29.9 Å². The molecular weight excluding hydrogens is 242 g/mol. The number of anilines is 2. The number of fused-ring (bicyclic) bond motifs is 1. The summed E-state index contributed by atoms with van der Waals surface area (Å²) in [6.45, 7) is 5.92. The first-order chi connectivity index (χ1) is 9.11. The van der Waals surface area contributed by atoms with Gasteiger partial charge in [0.05, 0.1) is 5.69 Å². The molecule has 6 nitrogen and oxygen atoms in total. The van der Waals surface area contributed by atoms with Crippen LogP contribution in [0.1, 0.15) is 36.3 Å². The SMILES string of the molecule is CC[C@@H]1CN(c2nc(N)nc3c2C(=O)NCC3)C1C. The highest BCUT2D eigenvalue weighted by atomic mass is 16.1. The van der Waals surface area contributed by atoms with Crippen LogP contribution in [0.4, 0.5) is 11.8 Å². The molecule has 1 aromatic heterocycles. The van der Waals surface area contributed by atoms with Crippen LogP contribution in [-0.4, -0.2) is 35.0 Å². The molecule has 1 fully saturated rings. The van der Waals surface area contributed by atoms with E-state index in [1.807, 2.05) is 0 Å². The van der Waals surface area contributed by atoms with Crippen molar-refractivity contribution in [2.75, 3.05) is 23.7 Å². The van der Waals surface area contributed by atoms with Crippen molar-refractivity contribution >= 4 is 17.7 Å². The highest BCUT2D eigenvalue weighted by Crippen LogP contribution is 2.35. The summed E-state index contributed by atoms with van der Waals surface area (Å²) >= 11 is 0. The molecule has 0 saturated carbocycles. The van der Waals surface area contributed by atoms with Gasteiger partial charge in [-0.3, -0.25) is 4.79 Å². The van der Waals surface area contributed by atoms with E-state index in [1.165, 1.54) is 0 Å². The molecule has 2 aliphatic rings. The van der Waals surface area contributed by atoms with E-state index in [9.17, 15) is 4.79 Å². The maximum Gasteiger partial charge on any atom is 0.256 e. The monoisotopic (exact) mass is 261 g/mol. The predicted molar refractivity (Wildman–Crippen MR) is 73.1 cm³/mol. The molecule has 0 radical (unpaired) electrons. The van der Waals surface area contributed by atoms with Gasteiger partial charge in [0, 0.05) is 25.6 Å². The first-order valence-electron chi connectivity index (χ1n) is 6.83. The third-order valence-corrected chi connectivity index (χ3v) is 4.26. The zero-order valence-corrected chi connectivity index (χ0v) is 11.3. The average Bonchev–Trinajstić information content (AvgIpc) is 2.37. The molecule has 2 atom stereocenters. The van der Waals surface area contributed by atoms with Crippen LogP contribution in [0, 0.1) is 5.92 Å². The number of nitrogen functional groups attached to an aromatic ring is 1. The fourth-order valence-corrected chi connectivity index (χ4v) is 2.95. The third kappa shape index (κ3) is 1.82. The summed E-state index contributed by atoms with van der Waals surface area (Å²) in [7, 11) is 0. The van der Waals surface area contributed by atoms with Crippen LogP contribution in [0.3, 0.4) is 0 Å². The number of hydrogen-bond acceptors (Lipinski definition) is 5. The Bertz CT molecular complexity index is 530. The summed E-state index contributed by atoms with van der Waals surface area (Å²) in [5, 5.41) is 2.85. The van der Waals surface area contributed by atoms with Crippen LogP contribution >= 0.6 is 0 Å². The van der Waals surface area contributed by atoms with Crippen molar-refractivity contribution in [2.45, 2.75) is 32.7 Å². The second-order valence-corrected chi connectivity index (χ2v) is 5.29. The van der Waals surface area contributed by atoms with Crippen LogP contribution in [0.5, 0.6) is 0 Å². The first-order valence-corrected chi connectivity index (χ1v) is 6.83. The number of amides is 1. The Kier molecular flexibility index (Phi) is 2.80. The number of carbonyl (C=O) groups excluding carboxylic acids is 1. The van der Waals surface area contributed by atoms with Crippen LogP contribution in [-0.2, 0) is 6.42 Å². The van der Waals surface area contributed by atoms with Gasteiger partial charge >= 0.3 is 0 Å². The Hall–Kier alpha value is -1.85. The lowest BCUT2D eigenvalue weighted by Crippen LogP contribution is -2.55. The van der Waals surface area contributed by atoms with Crippen molar-refractivity contribution in [1.82, 2.24) is 15.3 Å². The van der Waals surface area contributed by atoms with Gasteiger partial charge in [-0.2, -0.15) is 4.98 Å². The van der Waals surface area contributed by atoms with Crippen molar-refractivity contribution in [3.63, 3.8) is 0 Å². The Balaban J connectivity index is 2.02. The Morgan fingerprint density at radius 1 is 1.47 bits per heavy atom. The van der Waals surface area contributed by atoms with Gasteiger partial charge in [0.1, 0.15) is 11.4 Å². The molecule has 3 N–H and O–H groups in total. The highest BCUT2D eigenvalue weighted by Gasteiger charge is 2.38. The van der Waals surface area contributed by atoms with Gasteiger partial charge < -0.3 is 16.0 Å². The summed E-state index contributed by atoms with van der Waals surface area (Å²) in [6, 6.07) is 0.401. The van der Waals surface area contributed by atoms with Gasteiger partial charge in [-0.1, -0.05) is 6.92 Å². The molecule has 6 heteroatoms. The second-order valence-electron chi connectivity index (χ2n) is 5.29. The highest BCUT2D eigenvalue weighted by molar-refractivity contribution is 6.01. The Morgan fingerprint density at radius 3 is 2.95 bits per heavy atom. The lowest BCUT2D eigenvalue weighted by atomic mass is 9.87. The summed E-state index contributed by atoms with van der Waals surface area (Å²) < 4.78 is 0. The van der Waals surface area contributed by atoms with Crippen molar-refractivity contribution in [2.24, 2.45) is 5.92 Å². The summed E-state index contributed by atoms with van der Waals surface area (Å²) in [4.78, 5) is 22.7. The number of rotatable bonds is 2. The first kappa shape index (κ1) is 12.2. The molecule has 102 valence electrons. The van der Waals surface area contributed by atoms with Crippen LogP contribution < -0.4 is 16.0 Å². The minimum Gasteiger partial charge on any atom is -0.368 e. The van der Waals surface area contributed by atoms with Crippen LogP contribution in [0.15, 0.2) is 0 Å². The molecular formula is C13H19N5O. The van der Waals surface area contributed by atoms with Gasteiger partial charge in [-0.15, -0.1) is 0 Å². The van der Waals surface area contributed by atoms with E-state index in [4.69, 9.17) is 5.73 Å². The molecule has 1 saturated heterocycles. The lowest BCUT2D eigenvalue weighted by molar-refractivity contribution is 0.0944. The van der Waals surface area contributed by atoms with Crippen molar-refractivity contribution in [3.05, 3.63) is 11.3 Å². The fourth-order valence-electron chi connectivity index (χ4n) is 2.95. The lowest BCUT2D eigenvalue weighted by Gasteiger charge is -2.47. The zero-order valence-electron chi connectivity index (χ0n) is 11.3. The number of aromatic nitrogens is 2. The smallest absolute Gasteiger partial charge is 0.256 e. The third-order valence-electron chi connectivity index (χ3n) is 4.26. The molecule has 3 rings (SSSR count). The molecule has 1 amide bonds. The van der Waals surface area contributed by atoms with Gasteiger partial charge in [0.15, 0.2) is 0 Å². The molecule has 1 aromatic rings. The van der Waals surface area contributed by atoms with Gasteiger partial charge in [-0.25, -0.2) is 4.98 Å². The van der Waals surface area contributed by atoms with Crippen LogP contribution in [0.2, 0.25) is 0 Å². The number of nitrogens with zero attached hydrogens (tertiary/aromatic N) is 3. The number of nitrogens with two attached hydrogens (primary N) is 1. The Labute approximate surface area is 112 Å². The molecule has 1 unspecified atom stereocenters. The van der Waals surface area contributed by atoms with Gasteiger partial charge in [-0.05, 0) is 19.3 Å². The summed E-state index contributed by atoms with van der Waals surface area (Å²) in [5.41, 5.74) is 7.17. The predicted octanol–water partition coefficient (Wildman–Crippen LogP) is 0.579. The standard InChI is InChI=1S/C13H19N5O/c1-3-8-6-18(7(8)2)11-10-9(16-13(14)17-11)4-5-15-12(10)19/h7-8H,3-6H2,1-2H3,(H,15,19)(H2,14,16,17)/t7?,8-/m1/s1. The van der Waals surface area contributed by atoms with E-state index in [-0.39, 0.29) is 11.9 Å². The van der Waals surface area contributed by atoms with E-state index in [1.54, 1.807) is 0 Å². The largest absolute Gasteiger partial charge is 0.368 e. The summed E-state index contributed by atoms with van der Waals surface area (Å²) in [6.07, 6.45) is 1.87. The minimum atomic E-state index is -0.0802. The average molecular weight is 261 g/mol. The molecule has 19 heavy (non-hydrogen) atoms. The molecule has 3 heterocycles. The van der Waals surface area contributed by atoms with Crippen molar-refractivity contribution < 1.29 is 4.79 Å². The van der Waals surface area contributed by atoms with Crippen molar-refractivity contribution in [1.29, 1.82) is 0 Å². The second kappa shape index (κ2) is 4.36. The molecule has 0 bridgehead atoms. The topological polar surface area (TPSA) is 84.1 Å². The Morgan fingerprint density at radius 2 is 2.26 bits per heavy atom. The van der Waals surface area contributed by atoms with E-state index < -0.39 is 0 Å². The van der Waals surface area contributed by atoms with Gasteiger partial charge in [0.2, 0.25) is 5.95 Å². The molecule has 0 aromatic carbocycles. The quantitative estimate of drug-likeness (QED) is 0.813. The van der Waals surface area contributed by atoms with Crippen LogP contribution in [0.25, 0.3) is 0 Å². The minimum absolute atomic E-state index is 0.0802. The molecule has 2 aliphatic heterocycles. The molecule has 0 spiro atoms. The number of hydrogen-bond donors (Lipinski definition) is 2. The van der Waals surface area contributed by atoms with E-state index >= 15 is 0 Å². The maximum absolute atomic E-state index is 12.1. The number of carbonyl (C=O) groups is 1. The van der Waals surface area contributed by atoms with Crippen molar-refractivity contribution in [3.8, 4) is 0 Å². The normalized spacial score (nSPS) is 25.6. The van der Waals surface area contributed by atoms with E-state index in [2.05, 4.69) is 34.0 Å². The van der Waals surface area contributed by atoms with E-state index in [0.717, 1.165) is 25.1 Å². The zero-order chi connectivity index (χ0) is 13.6. The van der Waals surface area contributed by atoms with Gasteiger partial charge in [0.25, 0.3) is 5.91 Å². The maximum atomic E-state index is 12.1. The summed E-state index contributed by atoms with van der Waals surface area (Å²) in [5.74, 6) is 1.55.